The molecule has 0 saturated heterocycles. The molecule has 4 heteroatoms. The number of nitrogens with zero attached hydrogens (tertiary/aromatic N) is 1. The van der Waals surface area contributed by atoms with Crippen LogP contribution in [0.5, 0.6) is 0 Å². The Morgan fingerprint density at radius 1 is 1.14 bits per heavy atom. The van der Waals surface area contributed by atoms with E-state index in [0.717, 1.165) is 23.1 Å². The lowest BCUT2D eigenvalue weighted by Gasteiger charge is -2.10. The molecule has 0 spiro atoms. The molecule has 0 aliphatic carbocycles. The summed E-state index contributed by atoms with van der Waals surface area (Å²) in [4.78, 5) is 16.9. The largest absolute Gasteiger partial charge is 0.431 e. The van der Waals surface area contributed by atoms with Crippen molar-refractivity contribution in [3.63, 3.8) is 0 Å². The zero-order valence-electron chi connectivity index (χ0n) is 11.7. The second-order valence-corrected chi connectivity index (χ2v) is 5.85. The molecule has 1 unspecified atom stereocenters. The summed E-state index contributed by atoms with van der Waals surface area (Å²) in [5, 5.41) is 0.368. The van der Waals surface area contributed by atoms with Gasteiger partial charge >= 0.3 is 0 Å². The molecule has 1 heterocycles. The first-order valence-corrected chi connectivity index (χ1v) is 7.77. The van der Waals surface area contributed by atoms with Gasteiger partial charge in [0, 0.05) is 5.56 Å². The molecule has 3 rings (SSSR count). The summed E-state index contributed by atoms with van der Waals surface area (Å²) in [7, 11) is 0. The van der Waals surface area contributed by atoms with E-state index in [9.17, 15) is 4.79 Å². The van der Waals surface area contributed by atoms with Crippen molar-refractivity contribution in [2.45, 2.75) is 23.8 Å². The number of para-hydroxylation sites is 2. The van der Waals surface area contributed by atoms with Crippen molar-refractivity contribution < 1.29 is 9.21 Å². The maximum atomic E-state index is 12.5. The summed E-state index contributed by atoms with van der Waals surface area (Å²) in [5.74, 6) is 0.116. The van der Waals surface area contributed by atoms with E-state index >= 15 is 0 Å². The van der Waals surface area contributed by atoms with Crippen molar-refractivity contribution in [3.8, 4) is 0 Å². The summed E-state index contributed by atoms with van der Waals surface area (Å²) >= 11 is 1.39. The third-order valence-electron chi connectivity index (χ3n) is 3.24. The highest BCUT2D eigenvalue weighted by molar-refractivity contribution is 8.00. The van der Waals surface area contributed by atoms with Crippen LogP contribution in [0.25, 0.3) is 11.1 Å². The fourth-order valence-corrected chi connectivity index (χ4v) is 3.08. The lowest BCUT2D eigenvalue weighted by atomic mass is 10.1. The molecule has 0 aliphatic rings. The van der Waals surface area contributed by atoms with Gasteiger partial charge in [0.15, 0.2) is 11.4 Å². The van der Waals surface area contributed by atoms with Gasteiger partial charge in [0.25, 0.3) is 5.22 Å². The molecule has 0 amide bonds. The molecule has 3 nitrogen and oxygen atoms in total. The minimum Gasteiger partial charge on any atom is -0.431 e. The SMILES string of the molecule is CCC(Sc1nc2ccccc2o1)C(=O)c1ccccc1. The van der Waals surface area contributed by atoms with Gasteiger partial charge in [0.2, 0.25) is 0 Å². The molecule has 0 bridgehead atoms. The first-order valence-electron chi connectivity index (χ1n) is 6.89. The van der Waals surface area contributed by atoms with Crippen molar-refractivity contribution in [3.05, 3.63) is 60.2 Å². The van der Waals surface area contributed by atoms with Gasteiger partial charge in [0.05, 0.1) is 5.25 Å². The zero-order valence-corrected chi connectivity index (χ0v) is 12.5. The normalized spacial score (nSPS) is 12.4. The zero-order chi connectivity index (χ0) is 14.7. The van der Waals surface area contributed by atoms with Crippen molar-refractivity contribution in [1.29, 1.82) is 0 Å². The highest BCUT2D eigenvalue weighted by atomic mass is 32.2. The van der Waals surface area contributed by atoms with Crippen LogP contribution in [0.15, 0.2) is 64.2 Å². The monoisotopic (exact) mass is 297 g/mol. The van der Waals surface area contributed by atoms with Crippen LogP contribution in [0.1, 0.15) is 23.7 Å². The summed E-state index contributed by atoms with van der Waals surface area (Å²) < 4.78 is 5.69. The number of hydrogen-bond donors (Lipinski definition) is 0. The molecule has 1 atom stereocenters. The molecule has 0 N–H and O–H groups in total. The lowest BCUT2D eigenvalue weighted by Crippen LogP contribution is -2.16. The Kier molecular flexibility index (Phi) is 4.06. The van der Waals surface area contributed by atoms with Crippen LogP contribution in [0.4, 0.5) is 0 Å². The maximum Gasteiger partial charge on any atom is 0.257 e. The third kappa shape index (κ3) is 3.00. The smallest absolute Gasteiger partial charge is 0.257 e. The second kappa shape index (κ2) is 6.14. The van der Waals surface area contributed by atoms with Crippen LogP contribution < -0.4 is 0 Å². The molecule has 0 fully saturated rings. The van der Waals surface area contributed by atoms with E-state index in [-0.39, 0.29) is 11.0 Å². The van der Waals surface area contributed by atoms with Gasteiger partial charge in [-0.05, 0) is 18.6 Å². The number of Topliss-reactive ketones (excluding diaryl/α,β-unsaturated/α-hetero) is 1. The molecule has 2 aromatic carbocycles. The maximum absolute atomic E-state index is 12.5. The van der Waals surface area contributed by atoms with Crippen molar-refractivity contribution in [2.24, 2.45) is 0 Å². The molecule has 0 radical (unpaired) electrons. The second-order valence-electron chi connectivity index (χ2n) is 4.69. The molecular weight excluding hydrogens is 282 g/mol. The van der Waals surface area contributed by atoms with E-state index in [1.54, 1.807) is 0 Å². The fraction of sp³-hybridized carbons (Fsp3) is 0.176. The number of carbonyl (C=O) groups excluding carboxylic acids is 1. The van der Waals surface area contributed by atoms with Gasteiger partial charge in [0.1, 0.15) is 5.52 Å². The van der Waals surface area contributed by atoms with E-state index < -0.39 is 0 Å². The fourth-order valence-electron chi connectivity index (χ4n) is 2.13. The number of aromatic nitrogens is 1. The molecule has 1 aromatic heterocycles. The molecule has 21 heavy (non-hydrogen) atoms. The van der Waals surface area contributed by atoms with Gasteiger partial charge in [-0.25, -0.2) is 4.98 Å². The van der Waals surface area contributed by atoms with Gasteiger partial charge in [-0.2, -0.15) is 0 Å². The Labute approximate surface area is 127 Å². The van der Waals surface area contributed by atoms with Crippen LogP contribution in [0, 0.1) is 0 Å². The van der Waals surface area contributed by atoms with Crippen LogP contribution in [-0.4, -0.2) is 16.0 Å². The van der Waals surface area contributed by atoms with Crippen molar-refractivity contribution in [1.82, 2.24) is 4.98 Å². The molecule has 3 aromatic rings. The van der Waals surface area contributed by atoms with E-state index in [2.05, 4.69) is 4.98 Å². The van der Waals surface area contributed by atoms with Gasteiger partial charge in [-0.1, -0.05) is 61.2 Å². The van der Waals surface area contributed by atoms with E-state index in [0.29, 0.717) is 5.22 Å². The van der Waals surface area contributed by atoms with Gasteiger partial charge in [-0.3, -0.25) is 4.79 Å². The van der Waals surface area contributed by atoms with Crippen LogP contribution in [-0.2, 0) is 0 Å². The van der Waals surface area contributed by atoms with Crippen molar-refractivity contribution >= 4 is 28.6 Å². The number of hydrogen-bond acceptors (Lipinski definition) is 4. The average molecular weight is 297 g/mol. The number of carbonyl (C=O) groups is 1. The first kappa shape index (κ1) is 13.9. The third-order valence-corrected chi connectivity index (χ3v) is 4.45. The van der Waals surface area contributed by atoms with Crippen LogP contribution >= 0.6 is 11.8 Å². The minimum absolute atomic E-state index is 0.116. The molecule has 0 saturated carbocycles. The Morgan fingerprint density at radius 3 is 2.57 bits per heavy atom. The van der Waals surface area contributed by atoms with Gasteiger partial charge < -0.3 is 4.42 Å². The highest BCUT2D eigenvalue weighted by Crippen LogP contribution is 2.30. The summed E-state index contributed by atoms with van der Waals surface area (Å²) in [6, 6.07) is 17.0. The number of rotatable bonds is 5. The van der Waals surface area contributed by atoms with Crippen LogP contribution in [0.3, 0.4) is 0 Å². The van der Waals surface area contributed by atoms with Gasteiger partial charge in [-0.15, -0.1) is 0 Å². The first-order chi connectivity index (χ1) is 10.3. The summed E-state index contributed by atoms with van der Waals surface area (Å²) in [6.45, 7) is 2.00. The van der Waals surface area contributed by atoms with Crippen LogP contribution in [0.2, 0.25) is 0 Å². The van der Waals surface area contributed by atoms with E-state index in [1.165, 1.54) is 11.8 Å². The van der Waals surface area contributed by atoms with E-state index in [1.807, 2.05) is 61.5 Å². The highest BCUT2D eigenvalue weighted by Gasteiger charge is 2.22. The Balaban J connectivity index is 1.82. The molecule has 106 valence electrons. The van der Waals surface area contributed by atoms with E-state index in [4.69, 9.17) is 4.42 Å². The standard InChI is InChI=1S/C17H15NO2S/c1-2-15(16(19)12-8-4-3-5-9-12)21-17-18-13-10-6-7-11-14(13)20-17/h3-11,15H,2H2,1H3. The Hall–Kier alpha value is -2.07. The lowest BCUT2D eigenvalue weighted by molar-refractivity contribution is 0.0987. The number of ketones is 1. The Morgan fingerprint density at radius 2 is 1.86 bits per heavy atom. The number of thioether (sulfide) groups is 1. The predicted molar refractivity (Wildman–Crippen MR) is 84.7 cm³/mol. The summed E-state index contributed by atoms with van der Waals surface area (Å²) in [6.07, 6.45) is 0.733. The number of benzene rings is 2. The topological polar surface area (TPSA) is 43.1 Å². The average Bonchev–Trinajstić information content (AvgIpc) is 2.95. The Bertz CT molecular complexity index is 719. The molecular formula is C17H15NO2S. The number of oxazole rings is 1. The molecule has 0 aliphatic heterocycles. The quantitative estimate of drug-likeness (QED) is 0.510. The number of fused-ring (bicyclic) bond motifs is 1. The minimum atomic E-state index is -0.180. The summed E-state index contributed by atoms with van der Waals surface area (Å²) in [5.41, 5.74) is 2.30. The van der Waals surface area contributed by atoms with Crippen molar-refractivity contribution in [2.75, 3.05) is 0 Å². The predicted octanol–water partition coefficient (Wildman–Crippen LogP) is 4.58.